The van der Waals surface area contributed by atoms with Crippen molar-refractivity contribution in [1.29, 1.82) is 0 Å². The first kappa shape index (κ1) is 13.0. The molecule has 0 unspecified atom stereocenters. The lowest BCUT2D eigenvalue weighted by atomic mass is 10.3. The molecule has 2 nitrogen and oxygen atoms in total. The van der Waals surface area contributed by atoms with E-state index in [0.29, 0.717) is 10.5 Å². The Morgan fingerprint density at radius 2 is 2.12 bits per heavy atom. The molecule has 0 aliphatic heterocycles. The van der Waals surface area contributed by atoms with Gasteiger partial charge < -0.3 is 0 Å². The van der Waals surface area contributed by atoms with Crippen LogP contribution < -0.4 is 0 Å². The molecule has 0 amide bonds. The lowest BCUT2D eigenvalue weighted by Gasteiger charge is -2.25. The number of hydrogen-bond acceptors (Lipinski definition) is 4. The van der Waals surface area contributed by atoms with Crippen LogP contribution >= 0.6 is 34.3 Å². The molecule has 0 saturated heterocycles. The van der Waals surface area contributed by atoms with Gasteiger partial charge in [-0.1, -0.05) is 17.7 Å². The van der Waals surface area contributed by atoms with E-state index in [2.05, 4.69) is 41.2 Å². The maximum atomic E-state index is 5.86. The van der Waals surface area contributed by atoms with Gasteiger partial charge in [-0.2, -0.15) is 0 Å². The lowest BCUT2D eigenvalue weighted by molar-refractivity contribution is 0.207. The van der Waals surface area contributed by atoms with Crippen molar-refractivity contribution in [3.8, 4) is 0 Å². The second-order valence-corrected chi connectivity index (χ2v) is 6.89. The van der Waals surface area contributed by atoms with Gasteiger partial charge in [-0.3, -0.25) is 4.90 Å². The number of halogens is 1. The number of hydrogen-bond donors (Lipinski definition) is 0. The van der Waals surface area contributed by atoms with Crippen molar-refractivity contribution in [3.63, 3.8) is 0 Å². The number of rotatable bonds is 5. The van der Waals surface area contributed by atoms with E-state index in [0.717, 1.165) is 13.1 Å². The van der Waals surface area contributed by atoms with Gasteiger partial charge in [0, 0.05) is 35.1 Å². The quantitative estimate of drug-likeness (QED) is 0.816. The van der Waals surface area contributed by atoms with Crippen molar-refractivity contribution >= 4 is 34.3 Å². The summed E-state index contributed by atoms with van der Waals surface area (Å²) in [7, 11) is 0. The summed E-state index contributed by atoms with van der Waals surface area (Å²) in [4.78, 5) is 9.13. The number of thiazole rings is 1. The maximum Gasteiger partial charge on any atom is 0.183 e. The molecule has 2 aromatic heterocycles. The predicted molar refractivity (Wildman–Crippen MR) is 75.8 cm³/mol. The Hall–Kier alpha value is -0.420. The van der Waals surface area contributed by atoms with Gasteiger partial charge in [0.25, 0.3) is 0 Å². The van der Waals surface area contributed by atoms with Gasteiger partial charge in [0.2, 0.25) is 0 Å². The first-order valence-corrected chi connectivity index (χ1v) is 7.59. The third-order valence-electron chi connectivity index (χ3n) is 2.55. The summed E-state index contributed by atoms with van der Waals surface area (Å²) in [6.45, 7) is 6.34. The van der Waals surface area contributed by atoms with Gasteiger partial charge in [-0.25, -0.2) is 4.98 Å². The SMILES string of the molecule is CC(C)N(Cc1cccs1)Cc1cnc(Cl)s1. The zero-order chi connectivity index (χ0) is 12.3. The molecule has 17 heavy (non-hydrogen) atoms. The molecule has 0 N–H and O–H groups in total. The number of thiophene rings is 1. The molecule has 2 heterocycles. The standard InChI is InChI=1S/C12H15ClN2S2/c1-9(2)15(7-10-4-3-5-16-10)8-11-6-14-12(13)17-11/h3-6,9H,7-8H2,1-2H3. The van der Waals surface area contributed by atoms with Crippen LogP contribution in [0.2, 0.25) is 4.47 Å². The van der Waals surface area contributed by atoms with Gasteiger partial charge in [-0.15, -0.1) is 22.7 Å². The smallest absolute Gasteiger partial charge is 0.183 e. The molecule has 0 spiro atoms. The fourth-order valence-electron chi connectivity index (χ4n) is 1.58. The van der Waals surface area contributed by atoms with Crippen molar-refractivity contribution in [2.75, 3.05) is 0 Å². The van der Waals surface area contributed by atoms with Crippen molar-refractivity contribution < 1.29 is 0 Å². The van der Waals surface area contributed by atoms with E-state index < -0.39 is 0 Å². The van der Waals surface area contributed by atoms with Crippen molar-refractivity contribution in [1.82, 2.24) is 9.88 Å². The molecule has 2 rings (SSSR count). The van der Waals surface area contributed by atoms with Gasteiger partial charge in [0.05, 0.1) is 0 Å². The zero-order valence-electron chi connectivity index (χ0n) is 9.89. The Morgan fingerprint density at radius 1 is 1.35 bits per heavy atom. The molecular weight excluding hydrogens is 272 g/mol. The molecule has 0 aliphatic carbocycles. The summed E-state index contributed by atoms with van der Waals surface area (Å²) in [5.41, 5.74) is 0. The van der Waals surface area contributed by atoms with Crippen LogP contribution in [0.15, 0.2) is 23.7 Å². The van der Waals surface area contributed by atoms with Crippen LogP contribution in [0.25, 0.3) is 0 Å². The predicted octanol–water partition coefficient (Wildman–Crippen LogP) is 4.27. The van der Waals surface area contributed by atoms with E-state index >= 15 is 0 Å². The van der Waals surface area contributed by atoms with E-state index in [4.69, 9.17) is 11.6 Å². The Kier molecular flexibility index (Phi) is 4.56. The molecule has 0 radical (unpaired) electrons. The highest BCUT2D eigenvalue weighted by molar-refractivity contribution is 7.15. The molecular formula is C12H15ClN2S2. The highest BCUT2D eigenvalue weighted by atomic mass is 35.5. The largest absolute Gasteiger partial charge is 0.291 e. The van der Waals surface area contributed by atoms with Crippen LogP contribution in [-0.2, 0) is 13.1 Å². The molecule has 0 aromatic carbocycles. The summed E-state index contributed by atoms with van der Waals surface area (Å²) >= 11 is 9.22. The van der Waals surface area contributed by atoms with E-state index in [9.17, 15) is 0 Å². The Balaban J connectivity index is 2.02. The Morgan fingerprint density at radius 3 is 2.65 bits per heavy atom. The molecule has 0 saturated carbocycles. The van der Waals surface area contributed by atoms with Crippen molar-refractivity contribution in [2.45, 2.75) is 33.0 Å². The van der Waals surface area contributed by atoms with Crippen LogP contribution in [0.4, 0.5) is 0 Å². The normalized spacial score (nSPS) is 11.6. The van der Waals surface area contributed by atoms with Crippen LogP contribution in [0.5, 0.6) is 0 Å². The first-order valence-electron chi connectivity index (χ1n) is 5.52. The van der Waals surface area contributed by atoms with Crippen LogP contribution in [-0.4, -0.2) is 15.9 Å². The van der Waals surface area contributed by atoms with Crippen molar-refractivity contribution in [3.05, 3.63) is 37.9 Å². The van der Waals surface area contributed by atoms with Gasteiger partial charge in [-0.05, 0) is 25.3 Å². The first-order chi connectivity index (χ1) is 8.15. The van der Waals surface area contributed by atoms with E-state index in [1.54, 1.807) is 22.7 Å². The molecule has 2 aromatic rings. The molecule has 0 atom stereocenters. The summed E-state index contributed by atoms with van der Waals surface area (Å²) in [5.74, 6) is 0. The minimum atomic E-state index is 0.512. The summed E-state index contributed by atoms with van der Waals surface area (Å²) in [6, 6.07) is 4.79. The van der Waals surface area contributed by atoms with E-state index in [-0.39, 0.29) is 0 Å². The Bertz CT molecular complexity index is 451. The molecule has 0 aliphatic rings. The molecule has 5 heteroatoms. The van der Waals surface area contributed by atoms with Gasteiger partial charge >= 0.3 is 0 Å². The second kappa shape index (κ2) is 5.96. The van der Waals surface area contributed by atoms with Crippen LogP contribution in [0.1, 0.15) is 23.6 Å². The topological polar surface area (TPSA) is 16.1 Å². The summed E-state index contributed by atoms with van der Waals surface area (Å²) < 4.78 is 0.625. The highest BCUT2D eigenvalue weighted by Gasteiger charge is 2.13. The average molecular weight is 287 g/mol. The number of aromatic nitrogens is 1. The van der Waals surface area contributed by atoms with Crippen LogP contribution in [0, 0.1) is 0 Å². The molecule has 0 bridgehead atoms. The minimum Gasteiger partial charge on any atom is -0.291 e. The lowest BCUT2D eigenvalue weighted by Crippen LogP contribution is -2.29. The third kappa shape index (κ3) is 3.78. The van der Waals surface area contributed by atoms with E-state index in [1.807, 2.05) is 6.20 Å². The van der Waals surface area contributed by atoms with E-state index in [1.165, 1.54) is 9.75 Å². The van der Waals surface area contributed by atoms with Crippen molar-refractivity contribution in [2.24, 2.45) is 0 Å². The third-order valence-corrected chi connectivity index (χ3v) is 4.51. The minimum absolute atomic E-state index is 0.512. The zero-order valence-corrected chi connectivity index (χ0v) is 12.3. The fraction of sp³-hybridized carbons (Fsp3) is 0.417. The van der Waals surface area contributed by atoms with Gasteiger partial charge in [0.15, 0.2) is 4.47 Å². The fourth-order valence-corrected chi connectivity index (χ4v) is 3.31. The second-order valence-electron chi connectivity index (χ2n) is 4.16. The highest BCUT2D eigenvalue weighted by Crippen LogP contribution is 2.22. The summed E-state index contributed by atoms with van der Waals surface area (Å²) in [5, 5.41) is 2.12. The number of nitrogens with zero attached hydrogens (tertiary/aromatic N) is 2. The monoisotopic (exact) mass is 286 g/mol. The van der Waals surface area contributed by atoms with Crippen LogP contribution in [0.3, 0.4) is 0 Å². The molecule has 0 fully saturated rings. The Labute approximate surface area is 115 Å². The summed E-state index contributed by atoms with van der Waals surface area (Å²) in [6.07, 6.45) is 1.87. The molecule has 92 valence electrons. The average Bonchev–Trinajstić information content (AvgIpc) is 2.89. The van der Waals surface area contributed by atoms with Gasteiger partial charge in [0.1, 0.15) is 0 Å². The maximum absolute atomic E-state index is 5.86.